The number of rotatable bonds is 5. The molecular weight excluding hydrogens is 314 g/mol. The lowest BCUT2D eigenvalue weighted by Crippen LogP contribution is -2.22. The fourth-order valence-corrected chi connectivity index (χ4v) is 2.96. The van der Waals surface area contributed by atoms with Gasteiger partial charge in [0.05, 0.1) is 18.1 Å². The predicted octanol–water partition coefficient (Wildman–Crippen LogP) is 3.31. The van der Waals surface area contributed by atoms with Gasteiger partial charge >= 0.3 is 0 Å². The summed E-state index contributed by atoms with van der Waals surface area (Å²) in [4.78, 5) is 9.20. The van der Waals surface area contributed by atoms with Crippen molar-refractivity contribution in [2.24, 2.45) is 10.7 Å². The fourth-order valence-electron chi connectivity index (χ4n) is 2.96. The van der Waals surface area contributed by atoms with E-state index in [4.69, 9.17) is 15.5 Å². The lowest BCUT2D eigenvalue weighted by atomic mass is 10.3. The minimum atomic E-state index is 0.375. The van der Waals surface area contributed by atoms with E-state index in [2.05, 4.69) is 27.0 Å². The Morgan fingerprint density at radius 3 is 2.72 bits per heavy atom. The normalized spacial score (nSPS) is 14.7. The Morgan fingerprint density at radius 2 is 2.00 bits per heavy atom. The van der Waals surface area contributed by atoms with Gasteiger partial charge in [-0.05, 0) is 49.2 Å². The molecule has 0 unspecified atom stereocenters. The molecule has 0 radical (unpaired) electrons. The van der Waals surface area contributed by atoms with Crippen molar-refractivity contribution in [2.75, 3.05) is 12.4 Å². The second-order valence-corrected chi connectivity index (χ2v) is 6.17. The summed E-state index contributed by atoms with van der Waals surface area (Å²) < 4.78 is 7.45. The Labute approximate surface area is 146 Å². The molecule has 0 bridgehead atoms. The molecule has 6 nitrogen and oxygen atoms in total. The number of guanidine groups is 1. The van der Waals surface area contributed by atoms with Crippen LogP contribution in [0, 0.1) is 0 Å². The van der Waals surface area contributed by atoms with E-state index < -0.39 is 0 Å². The zero-order valence-corrected chi connectivity index (χ0v) is 14.1. The number of fused-ring (bicyclic) bond motifs is 1. The number of benzene rings is 2. The summed E-state index contributed by atoms with van der Waals surface area (Å²) in [7, 11) is 1.64. The first kappa shape index (κ1) is 15.5. The van der Waals surface area contributed by atoms with Crippen molar-refractivity contribution in [1.29, 1.82) is 0 Å². The van der Waals surface area contributed by atoms with Crippen LogP contribution in [0.4, 0.5) is 5.69 Å². The minimum Gasteiger partial charge on any atom is -0.497 e. The van der Waals surface area contributed by atoms with E-state index in [-0.39, 0.29) is 0 Å². The third-order valence-corrected chi connectivity index (χ3v) is 4.33. The van der Waals surface area contributed by atoms with Gasteiger partial charge in [0, 0.05) is 11.7 Å². The Hall–Kier alpha value is -3.02. The second-order valence-electron chi connectivity index (χ2n) is 6.17. The largest absolute Gasteiger partial charge is 0.497 e. The van der Waals surface area contributed by atoms with Crippen LogP contribution in [0.15, 0.2) is 53.5 Å². The first-order valence-electron chi connectivity index (χ1n) is 8.41. The van der Waals surface area contributed by atoms with Gasteiger partial charge in [-0.3, -0.25) is 0 Å². The molecule has 0 atom stereocenters. The zero-order valence-electron chi connectivity index (χ0n) is 14.1. The van der Waals surface area contributed by atoms with Crippen LogP contribution in [0.1, 0.15) is 24.7 Å². The number of nitrogens with one attached hydrogen (secondary N) is 1. The Balaban J connectivity index is 1.52. The van der Waals surface area contributed by atoms with Crippen molar-refractivity contribution in [2.45, 2.75) is 25.4 Å². The first-order chi connectivity index (χ1) is 12.2. The SMILES string of the molecule is COc1ccc(NC(N)=NCc2nc3ccccc3n2C2CC2)cc1. The molecular formula is C19H21N5O. The Kier molecular flexibility index (Phi) is 4.01. The van der Waals surface area contributed by atoms with Gasteiger partial charge in [0.25, 0.3) is 0 Å². The molecule has 3 aromatic rings. The average molecular weight is 335 g/mol. The third-order valence-electron chi connectivity index (χ3n) is 4.33. The highest BCUT2D eigenvalue weighted by Gasteiger charge is 2.27. The molecule has 25 heavy (non-hydrogen) atoms. The molecule has 1 aliphatic rings. The van der Waals surface area contributed by atoms with Crippen molar-refractivity contribution >= 4 is 22.7 Å². The van der Waals surface area contributed by atoms with Crippen LogP contribution in [0.25, 0.3) is 11.0 Å². The molecule has 1 aromatic heterocycles. The number of hydrogen-bond donors (Lipinski definition) is 2. The number of anilines is 1. The molecule has 3 N–H and O–H groups in total. The van der Waals surface area contributed by atoms with Crippen LogP contribution >= 0.6 is 0 Å². The summed E-state index contributed by atoms with van der Waals surface area (Å²) in [5.41, 5.74) is 9.10. The highest BCUT2D eigenvalue weighted by Crippen LogP contribution is 2.38. The molecule has 1 heterocycles. The van der Waals surface area contributed by atoms with E-state index in [0.717, 1.165) is 22.8 Å². The molecule has 1 aliphatic carbocycles. The quantitative estimate of drug-likeness (QED) is 0.554. The summed E-state index contributed by atoms with van der Waals surface area (Å²) in [5.74, 6) is 2.14. The van der Waals surface area contributed by atoms with E-state index in [0.29, 0.717) is 18.5 Å². The number of nitrogens with two attached hydrogens (primary N) is 1. The maximum atomic E-state index is 6.03. The summed E-state index contributed by atoms with van der Waals surface area (Å²) in [6, 6.07) is 16.3. The molecule has 4 rings (SSSR count). The number of imidazole rings is 1. The molecule has 128 valence electrons. The number of aromatic nitrogens is 2. The lowest BCUT2D eigenvalue weighted by Gasteiger charge is -2.08. The fraction of sp³-hybridized carbons (Fsp3) is 0.263. The van der Waals surface area contributed by atoms with E-state index >= 15 is 0 Å². The van der Waals surface area contributed by atoms with Crippen molar-refractivity contribution in [1.82, 2.24) is 9.55 Å². The molecule has 1 fully saturated rings. The van der Waals surface area contributed by atoms with Crippen LogP contribution < -0.4 is 15.8 Å². The molecule has 6 heteroatoms. The van der Waals surface area contributed by atoms with Gasteiger partial charge < -0.3 is 20.4 Å². The van der Waals surface area contributed by atoms with Crippen molar-refractivity contribution in [3.63, 3.8) is 0 Å². The smallest absolute Gasteiger partial charge is 0.193 e. The zero-order chi connectivity index (χ0) is 17.2. The van der Waals surface area contributed by atoms with Crippen LogP contribution in [0.3, 0.4) is 0 Å². The van der Waals surface area contributed by atoms with Crippen LogP contribution in [-0.4, -0.2) is 22.6 Å². The predicted molar refractivity (Wildman–Crippen MR) is 99.9 cm³/mol. The molecule has 0 spiro atoms. The van der Waals surface area contributed by atoms with Gasteiger partial charge in [-0.2, -0.15) is 0 Å². The summed E-state index contributed by atoms with van der Waals surface area (Å²) >= 11 is 0. The van der Waals surface area contributed by atoms with E-state index in [1.165, 1.54) is 18.4 Å². The van der Waals surface area contributed by atoms with Crippen molar-refractivity contribution in [3.05, 3.63) is 54.4 Å². The van der Waals surface area contributed by atoms with E-state index in [1.54, 1.807) is 7.11 Å². The van der Waals surface area contributed by atoms with Crippen molar-refractivity contribution < 1.29 is 4.74 Å². The highest BCUT2D eigenvalue weighted by molar-refractivity contribution is 5.92. The van der Waals surface area contributed by atoms with Gasteiger partial charge in [0.1, 0.15) is 18.1 Å². The van der Waals surface area contributed by atoms with Gasteiger partial charge in [-0.15, -0.1) is 0 Å². The monoisotopic (exact) mass is 335 g/mol. The minimum absolute atomic E-state index is 0.375. The lowest BCUT2D eigenvalue weighted by molar-refractivity contribution is 0.415. The highest BCUT2D eigenvalue weighted by atomic mass is 16.5. The van der Waals surface area contributed by atoms with Crippen LogP contribution in [-0.2, 0) is 6.54 Å². The topological polar surface area (TPSA) is 77.5 Å². The molecule has 0 saturated heterocycles. The van der Waals surface area contributed by atoms with Crippen LogP contribution in [0.5, 0.6) is 5.75 Å². The Morgan fingerprint density at radius 1 is 1.24 bits per heavy atom. The number of methoxy groups -OCH3 is 1. The van der Waals surface area contributed by atoms with E-state index in [9.17, 15) is 0 Å². The Bertz CT molecular complexity index is 909. The summed E-state index contributed by atoms with van der Waals surface area (Å²) in [6.07, 6.45) is 2.41. The van der Waals surface area contributed by atoms with E-state index in [1.807, 2.05) is 36.4 Å². The molecule has 2 aromatic carbocycles. The van der Waals surface area contributed by atoms with Gasteiger partial charge in [-0.1, -0.05) is 12.1 Å². The number of para-hydroxylation sites is 2. The van der Waals surface area contributed by atoms with Crippen LogP contribution in [0.2, 0.25) is 0 Å². The molecule has 1 saturated carbocycles. The first-order valence-corrected chi connectivity index (χ1v) is 8.41. The number of ether oxygens (including phenoxy) is 1. The average Bonchev–Trinajstić information content (AvgIpc) is 3.41. The van der Waals surface area contributed by atoms with Crippen molar-refractivity contribution in [3.8, 4) is 5.75 Å². The second kappa shape index (κ2) is 6.47. The maximum absolute atomic E-state index is 6.03. The number of nitrogens with zero attached hydrogens (tertiary/aromatic N) is 3. The summed E-state index contributed by atoms with van der Waals surface area (Å²) in [5, 5.41) is 3.10. The molecule has 0 amide bonds. The van der Waals surface area contributed by atoms with Gasteiger partial charge in [0.2, 0.25) is 0 Å². The third kappa shape index (κ3) is 3.28. The molecule has 0 aliphatic heterocycles. The number of hydrogen-bond acceptors (Lipinski definition) is 3. The standard InChI is InChI=1S/C19H21N5O/c1-25-15-10-6-13(7-11-15)22-19(20)21-12-18-23-16-4-2-3-5-17(16)24(18)14-8-9-14/h2-7,10-11,14H,8-9,12H2,1H3,(H3,20,21,22). The summed E-state index contributed by atoms with van der Waals surface area (Å²) in [6.45, 7) is 0.459. The van der Waals surface area contributed by atoms with Gasteiger partial charge in [-0.25, -0.2) is 9.98 Å². The van der Waals surface area contributed by atoms with Gasteiger partial charge in [0.15, 0.2) is 5.96 Å². The maximum Gasteiger partial charge on any atom is 0.193 e. The number of aliphatic imine (C=N–C) groups is 1.